The van der Waals surface area contributed by atoms with Crippen LogP contribution in [0.4, 0.5) is 4.39 Å². The molecule has 0 bridgehead atoms. The number of hydrogen-bond donors (Lipinski definition) is 1. The van der Waals surface area contributed by atoms with Crippen molar-refractivity contribution in [1.29, 1.82) is 0 Å². The fourth-order valence-electron chi connectivity index (χ4n) is 2.07. The summed E-state index contributed by atoms with van der Waals surface area (Å²) in [6.45, 7) is 2.99. The summed E-state index contributed by atoms with van der Waals surface area (Å²) >= 11 is 9.11. The molecule has 0 aliphatic heterocycles. The molecule has 0 fully saturated rings. The summed E-state index contributed by atoms with van der Waals surface area (Å²) in [5.74, 6) is -0.385. The van der Waals surface area contributed by atoms with Gasteiger partial charge in [0.25, 0.3) is 0 Å². The predicted molar refractivity (Wildman–Crippen MR) is 82.6 cm³/mol. The largest absolute Gasteiger partial charge is 0.457 e. The molecule has 2 nitrogen and oxygen atoms in total. The molecular formula is C15H16BrClFNO. The lowest BCUT2D eigenvalue weighted by molar-refractivity contribution is 0.497. The average Bonchev–Trinajstić information content (AvgIpc) is 2.85. The van der Waals surface area contributed by atoms with E-state index >= 15 is 0 Å². The molecule has 0 amide bonds. The van der Waals surface area contributed by atoms with Crippen molar-refractivity contribution in [3.05, 3.63) is 57.2 Å². The number of halogens is 3. The van der Waals surface area contributed by atoms with Crippen LogP contribution in [-0.4, -0.2) is 6.54 Å². The lowest BCUT2D eigenvalue weighted by atomic mass is 10.0. The highest BCUT2D eigenvalue weighted by Gasteiger charge is 2.17. The van der Waals surface area contributed by atoms with Gasteiger partial charge in [-0.2, -0.15) is 0 Å². The van der Waals surface area contributed by atoms with Crippen LogP contribution in [0.2, 0.25) is 5.02 Å². The van der Waals surface area contributed by atoms with Gasteiger partial charge < -0.3 is 9.73 Å². The smallest absolute Gasteiger partial charge is 0.173 e. The summed E-state index contributed by atoms with van der Waals surface area (Å²) in [7, 11) is 0. The minimum absolute atomic E-state index is 0.0728. The van der Waals surface area contributed by atoms with Crippen molar-refractivity contribution in [2.24, 2.45) is 0 Å². The molecule has 0 radical (unpaired) electrons. The van der Waals surface area contributed by atoms with E-state index in [0.29, 0.717) is 11.1 Å². The van der Waals surface area contributed by atoms with Gasteiger partial charge in [-0.15, -0.1) is 0 Å². The molecule has 2 aromatic rings. The number of furan rings is 1. The molecule has 0 saturated heterocycles. The minimum atomic E-state index is -0.385. The highest BCUT2D eigenvalue weighted by molar-refractivity contribution is 9.10. The zero-order valence-corrected chi connectivity index (χ0v) is 13.5. The van der Waals surface area contributed by atoms with Gasteiger partial charge in [0.2, 0.25) is 0 Å². The van der Waals surface area contributed by atoms with Gasteiger partial charge in [0, 0.05) is 11.6 Å². The molecule has 1 unspecified atom stereocenters. The van der Waals surface area contributed by atoms with Gasteiger partial charge in [0.15, 0.2) is 4.67 Å². The Balaban J connectivity index is 2.19. The summed E-state index contributed by atoms with van der Waals surface area (Å²) in [5, 5.41) is 3.60. The highest BCUT2D eigenvalue weighted by Crippen LogP contribution is 2.28. The molecule has 2 rings (SSSR count). The molecule has 1 heterocycles. The summed E-state index contributed by atoms with van der Waals surface area (Å²) in [6.07, 6.45) is 3.34. The maximum atomic E-state index is 13.5. The Hall–Kier alpha value is -0.840. The predicted octanol–water partition coefficient (Wildman–Crippen LogP) is 5.12. The zero-order chi connectivity index (χ0) is 14.5. The first-order valence-electron chi connectivity index (χ1n) is 6.52. The normalized spacial score (nSPS) is 12.6. The van der Waals surface area contributed by atoms with Crippen molar-refractivity contribution in [3.8, 4) is 0 Å². The average molecular weight is 361 g/mol. The molecule has 108 valence electrons. The standard InChI is InChI=1S/C15H16BrClFNO/c1-2-6-19-14(11-5-7-20-15(11)16)9-10-3-4-12(17)13(18)8-10/h3-5,7-8,14,19H,2,6,9H2,1H3. The molecule has 20 heavy (non-hydrogen) atoms. The van der Waals surface area contributed by atoms with E-state index in [1.165, 1.54) is 6.07 Å². The van der Waals surface area contributed by atoms with Gasteiger partial charge in [0.05, 0.1) is 11.3 Å². The number of rotatable bonds is 6. The second-order valence-corrected chi connectivity index (χ2v) is 5.74. The molecular weight excluding hydrogens is 345 g/mol. The molecule has 0 aliphatic carbocycles. The van der Waals surface area contributed by atoms with Crippen LogP contribution in [0.25, 0.3) is 0 Å². The van der Waals surface area contributed by atoms with E-state index in [0.717, 1.165) is 24.1 Å². The number of benzene rings is 1. The maximum Gasteiger partial charge on any atom is 0.173 e. The van der Waals surface area contributed by atoms with E-state index in [2.05, 4.69) is 28.2 Å². The van der Waals surface area contributed by atoms with E-state index in [1.807, 2.05) is 12.1 Å². The summed E-state index contributed by atoms with van der Waals surface area (Å²) in [4.78, 5) is 0. The van der Waals surface area contributed by atoms with E-state index in [1.54, 1.807) is 12.3 Å². The van der Waals surface area contributed by atoms with Crippen LogP contribution < -0.4 is 5.32 Å². The third-order valence-corrected chi connectivity index (χ3v) is 4.04. The Labute approximate surface area is 131 Å². The van der Waals surface area contributed by atoms with Crippen molar-refractivity contribution < 1.29 is 8.81 Å². The molecule has 5 heteroatoms. The van der Waals surface area contributed by atoms with Crippen LogP contribution in [0.3, 0.4) is 0 Å². The topological polar surface area (TPSA) is 25.2 Å². The molecule has 0 aliphatic rings. The van der Waals surface area contributed by atoms with E-state index < -0.39 is 0 Å². The van der Waals surface area contributed by atoms with Crippen molar-refractivity contribution in [3.63, 3.8) is 0 Å². The van der Waals surface area contributed by atoms with Crippen molar-refractivity contribution in [2.75, 3.05) is 6.54 Å². The third kappa shape index (κ3) is 3.84. The second-order valence-electron chi connectivity index (χ2n) is 4.61. The molecule has 1 N–H and O–H groups in total. The molecule has 1 aromatic carbocycles. The molecule has 1 atom stereocenters. The fraction of sp³-hybridized carbons (Fsp3) is 0.333. The minimum Gasteiger partial charge on any atom is -0.457 e. The Bertz CT molecular complexity index is 573. The van der Waals surface area contributed by atoms with Crippen molar-refractivity contribution in [2.45, 2.75) is 25.8 Å². The third-order valence-electron chi connectivity index (χ3n) is 3.09. The maximum absolute atomic E-state index is 13.5. The van der Waals surface area contributed by atoms with Gasteiger partial charge in [-0.25, -0.2) is 4.39 Å². The number of nitrogens with one attached hydrogen (secondary N) is 1. The van der Waals surface area contributed by atoms with Gasteiger partial charge in [-0.3, -0.25) is 0 Å². The second kappa shape index (κ2) is 7.25. The van der Waals surface area contributed by atoms with Gasteiger partial charge in [0.1, 0.15) is 5.82 Å². The summed E-state index contributed by atoms with van der Waals surface area (Å²) in [5.41, 5.74) is 1.93. The van der Waals surface area contributed by atoms with Gasteiger partial charge >= 0.3 is 0 Å². The van der Waals surface area contributed by atoms with E-state index in [4.69, 9.17) is 16.0 Å². The lowest BCUT2D eigenvalue weighted by Gasteiger charge is -2.18. The first-order chi connectivity index (χ1) is 9.61. The number of hydrogen-bond acceptors (Lipinski definition) is 2. The van der Waals surface area contributed by atoms with Crippen LogP contribution >= 0.6 is 27.5 Å². The molecule has 0 spiro atoms. The van der Waals surface area contributed by atoms with Crippen molar-refractivity contribution >= 4 is 27.5 Å². The monoisotopic (exact) mass is 359 g/mol. The van der Waals surface area contributed by atoms with Crippen LogP contribution in [0.1, 0.15) is 30.5 Å². The first-order valence-corrected chi connectivity index (χ1v) is 7.69. The van der Waals surface area contributed by atoms with Crippen LogP contribution in [0.15, 0.2) is 39.6 Å². The summed E-state index contributed by atoms with van der Waals surface area (Å²) < 4.78 is 19.5. The molecule has 0 saturated carbocycles. The molecule has 1 aromatic heterocycles. The Morgan fingerprint density at radius 1 is 1.40 bits per heavy atom. The zero-order valence-electron chi connectivity index (χ0n) is 11.1. The van der Waals surface area contributed by atoms with E-state index in [-0.39, 0.29) is 16.9 Å². The van der Waals surface area contributed by atoms with Crippen LogP contribution in [0.5, 0.6) is 0 Å². The first kappa shape index (κ1) is 15.5. The fourth-order valence-corrected chi connectivity index (χ4v) is 2.70. The highest BCUT2D eigenvalue weighted by atomic mass is 79.9. The van der Waals surface area contributed by atoms with Crippen molar-refractivity contribution in [1.82, 2.24) is 5.32 Å². The SMILES string of the molecule is CCCNC(Cc1ccc(Cl)c(F)c1)c1ccoc1Br. The Kier molecular flexibility index (Phi) is 5.64. The Morgan fingerprint density at radius 2 is 2.20 bits per heavy atom. The Morgan fingerprint density at radius 3 is 2.80 bits per heavy atom. The van der Waals surface area contributed by atoms with Gasteiger partial charge in [-0.1, -0.05) is 24.6 Å². The lowest BCUT2D eigenvalue weighted by Crippen LogP contribution is -2.24. The summed E-state index contributed by atoms with van der Waals surface area (Å²) in [6, 6.07) is 6.91. The quantitative estimate of drug-likeness (QED) is 0.773. The van der Waals surface area contributed by atoms with E-state index in [9.17, 15) is 4.39 Å². The van der Waals surface area contributed by atoms with Crippen LogP contribution in [0, 0.1) is 5.82 Å². The van der Waals surface area contributed by atoms with Crippen LogP contribution in [-0.2, 0) is 6.42 Å². The van der Waals surface area contributed by atoms with Gasteiger partial charge in [-0.05, 0) is 59.1 Å².